The molecule has 7 nitrogen and oxygen atoms in total. The van der Waals surface area contributed by atoms with E-state index in [1.165, 1.54) is 4.90 Å². The summed E-state index contributed by atoms with van der Waals surface area (Å²) in [6, 6.07) is 21.5. The Hall–Kier alpha value is -3.36. The van der Waals surface area contributed by atoms with Crippen molar-refractivity contribution < 1.29 is 4.79 Å². The molecule has 164 valence electrons. The number of pyridine rings is 1. The lowest BCUT2D eigenvalue weighted by atomic mass is 10.1. The van der Waals surface area contributed by atoms with E-state index in [1.54, 1.807) is 23.9 Å². The van der Waals surface area contributed by atoms with E-state index >= 15 is 0 Å². The molecule has 1 amide bonds. The van der Waals surface area contributed by atoms with Crippen LogP contribution in [0.25, 0.3) is 16.9 Å². The number of hydrogen-bond acceptors (Lipinski definition) is 6. The zero-order chi connectivity index (χ0) is 22.7. The fourth-order valence-corrected chi connectivity index (χ4v) is 3.66. The second kappa shape index (κ2) is 9.02. The van der Waals surface area contributed by atoms with Gasteiger partial charge in [-0.25, -0.2) is 4.52 Å². The number of aromatic nitrogens is 3. The lowest BCUT2D eigenvalue weighted by molar-refractivity contribution is 0.0946. The van der Waals surface area contributed by atoms with Crippen molar-refractivity contribution in [3.8, 4) is 11.3 Å². The Morgan fingerprint density at radius 1 is 1.09 bits per heavy atom. The van der Waals surface area contributed by atoms with Crippen molar-refractivity contribution in [2.75, 3.05) is 18.1 Å². The van der Waals surface area contributed by atoms with E-state index in [0.717, 1.165) is 22.6 Å². The molecule has 0 bridgehead atoms. The fraction of sp³-hybridized carbons (Fsp3) is 0.208. The highest BCUT2D eigenvalue weighted by Crippen LogP contribution is 2.25. The first kappa shape index (κ1) is 21.9. The number of nitrogens with zero attached hydrogens (tertiary/aromatic N) is 3. The first-order chi connectivity index (χ1) is 15.3. The summed E-state index contributed by atoms with van der Waals surface area (Å²) >= 11 is 1.70. The summed E-state index contributed by atoms with van der Waals surface area (Å²) in [5.74, 6) is 0.332. The molecule has 4 aromatic rings. The highest BCUT2D eigenvalue weighted by atomic mass is 32.2. The summed E-state index contributed by atoms with van der Waals surface area (Å²) in [7, 11) is 0. The fourth-order valence-electron chi connectivity index (χ4n) is 3.20. The summed E-state index contributed by atoms with van der Waals surface area (Å²) in [4.78, 5) is 18.1. The van der Waals surface area contributed by atoms with Gasteiger partial charge in [-0.2, -0.15) is 4.98 Å². The van der Waals surface area contributed by atoms with Crippen LogP contribution in [0.5, 0.6) is 0 Å². The number of hydrogen-bond donors (Lipinski definition) is 3. The maximum Gasteiger partial charge on any atom is 0.251 e. The number of amides is 1. The molecule has 2 aromatic heterocycles. The molecule has 32 heavy (non-hydrogen) atoms. The Balaban J connectivity index is 1.53. The molecule has 0 saturated heterocycles. The summed E-state index contributed by atoms with van der Waals surface area (Å²) in [5.41, 5.74) is 9.62. The quantitative estimate of drug-likeness (QED) is 0.366. The van der Waals surface area contributed by atoms with Crippen LogP contribution in [0.15, 0.2) is 71.6 Å². The number of fused-ring (bicyclic) bond motifs is 1. The van der Waals surface area contributed by atoms with Crippen LogP contribution in [0, 0.1) is 0 Å². The number of nitrogens with one attached hydrogen (secondary N) is 2. The molecular weight excluding hydrogens is 420 g/mol. The van der Waals surface area contributed by atoms with Crippen LogP contribution in [0.2, 0.25) is 0 Å². The van der Waals surface area contributed by atoms with E-state index in [2.05, 4.69) is 45.2 Å². The maximum atomic E-state index is 12.3. The Morgan fingerprint density at radius 2 is 1.84 bits per heavy atom. The predicted octanol–water partition coefficient (Wildman–Crippen LogP) is 4.33. The third-order valence-corrected chi connectivity index (χ3v) is 5.56. The largest absolute Gasteiger partial charge is 0.350 e. The predicted molar refractivity (Wildman–Crippen MR) is 131 cm³/mol. The van der Waals surface area contributed by atoms with Crippen molar-refractivity contribution in [3.63, 3.8) is 0 Å². The third kappa shape index (κ3) is 5.09. The first-order valence-electron chi connectivity index (χ1n) is 10.3. The summed E-state index contributed by atoms with van der Waals surface area (Å²) < 4.78 is 1.83. The smallest absolute Gasteiger partial charge is 0.251 e. The summed E-state index contributed by atoms with van der Waals surface area (Å²) in [5, 5.41) is 10.7. The molecule has 0 unspecified atom stereocenters. The zero-order valence-corrected chi connectivity index (χ0v) is 19.1. The van der Waals surface area contributed by atoms with Gasteiger partial charge in [0.15, 0.2) is 5.65 Å². The monoisotopic (exact) mass is 446 g/mol. The van der Waals surface area contributed by atoms with Crippen LogP contribution in [-0.2, 0) is 0 Å². The topological polar surface area (TPSA) is 97.3 Å². The van der Waals surface area contributed by atoms with E-state index in [0.29, 0.717) is 18.1 Å². The van der Waals surface area contributed by atoms with Gasteiger partial charge in [-0.3, -0.25) is 4.79 Å². The van der Waals surface area contributed by atoms with Crippen LogP contribution in [0.3, 0.4) is 0 Å². The second-order valence-electron chi connectivity index (χ2n) is 8.22. The van der Waals surface area contributed by atoms with Gasteiger partial charge in [0.2, 0.25) is 5.95 Å². The molecule has 4 rings (SSSR count). The Bertz CT molecular complexity index is 1240. The molecule has 0 fully saturated rings. The van der Waals surface area contributed by atoms with Crippen LogP contribution in [0.4, 0.5) is 11.6 Å². The van der Waals surface area contributed by atoms with Gasteiger partial charge in [-0.1, -0.05) is 18.2 Å². The van der Waals surface area contributed by atoms with E-state index < -0.39 is 5.54 Å². The molecule has 8 heteroatoms. The molecule has 0 spiro atoms. The summed E-state index contributed by atoms with van der Waals surface area (Å²) in [6.07, 6.45) is 2.06. The molecular formula is C24H26N6OS. The highest BCUT2D eigenvalue weighted by Gasteiger charge is 2.14. The number of carbonyl (C=O) groups is 1. The average Bonchev–Trinajstić information content (AvgIpc) is 3.20. The van der Waals surface area contributed by atoms with Gasteiger partial charge in [0.05, 0.1) is 5.69 Å². The van der Waals surface area contributed by atoms with Crippen LogP contribution in [-0.4, -0.2) is 38.8 Å². The SMILES string of the molecule is CSc1cccc(-c2cccc3nc(Nc4ccc(C(=O)NCC(C)(C)N)cc4)nn23)c1. The lowest BCUT2D eigenvalue weighted by Gasteiger charge is -2.18. The summed E-state index contributed by atoms with van der Waals surface area (Å²) in [6.45, 7) is 4.14. The van der Waals surface area contributed by atoms with Gasteiger partial charge >= 0.3 is 0 Å². The molecule has 0 radical (unpaired) electrons. The van der Waals surface area contributed by atoms with Gasteiger partial charge in [-0.15, -0.1) is 16.9 Å². The molecule has 2 aromatic carbocycles. The van der Waals surface area contributed by atoms with Crippen molar-refractivity contribution in [3.05, 3.63) is 72.3 Å². The number of carbonyl (C=O) groups excluding carboxylic acids is 1. The van der Waals surface area contributed by atoms with Gasteiger partial charge < -0.3 is 16.4 Å². The Labute approximate surface area is 191 Å². The highest BCUT2D eigenvalue weighted by molar-refractivity contribution is 7.98. The van der Waals surface area contributed by atoms with Crippen LogP contribution in [0.1, 0.15) is 24.2 Å². The molecule has 0 aliphatic carbocycles. The van der Waals surface area contributed by atoms with Crippen LogP contribution < -0.4 is 16.4 Å². The minimum atomic E-state index is -0.457. The molecule has 4 N–H and O–H groups in total. The van der Waals surface area contributed by atoms with E-state index in [4.69, 9.17) is 5.73 Å². The van der Waals surface area contributed by atoms with Gasteiger partial charge in [0, 0.05) is 33.8 Å². The minimum Gasteiger partial charge on any atom is -0.350 e. The Morgan fingerprint density at radius 3 is 2.56 bits per heavy atom. The minimum absolute atomic E-state index is 0.155. The van der Waals surface area contributed by atoms with Crippen molar-refractivity contribution in [1.29, 1.82) is 0 Å². The standard InChI is InChI=1S/C24H26N6OS/c1-24(2,25)15-26-22(31)16-10-12-18(13-11-16)27-23-28-21-9-5-8-20(30(21)29-23)17-6-4-7-19(14-17)32-3/h4-14H,15,25H2,1-3H3,(H,26,31)(H,27,29). The first-order valence-corrected chi connectivity index (χ1v) is 11.5. The molecule has 0 saturated carbocycles. The Kier molecular flexibility index (Phi) is 6.16. The average molecular weight is 447 g/mol. The van der Waals surface area contributed by atoms with Crippen molar-refractivity contribution in [2.45, 2.75) is 24.3 Å². The number of rotatable bonds is 7. The molecule has 2 heterocycles. The van der Waals surface area contributed by atoms with Crippen molar-refractivity contribution in [2.24, 2.45) is 5.73 Å². The second-order valence-corrected chi connectivity index (χ2v) is 9.10. The zero-order valence-electron chi connectivity index (χ0n) is 18.3. The van der Waals surface area contributed by atoms with Crippen LogP contribution >= 0.6 is 11.8 Å². The van der Waals surface area contributed by atoms with E-state index in [-0.39, 0.29) is 5.91 Å². The number of anilines is 2. The number of nitrogens with two attached hydrogens (primary N) is 1. The van der Waals surface area contributed by atoms with Crippen molar-refractivity contribution >= 4 is 35.0 Å². The molecule has 0 atom stereocenters. The number of thioether (sulfide) groups is 1. The van der Waals surface area contributed by atoms with Gasteiger partial charge in [-0.05, 0) is 68.6 Å². The van der Waals surface area contributed by atoms with E-state index in [9.17, 15) is 4.79 Å². The normalized spacial score (nSPS) is 11.5. The molecule has 0 aliphatic heterocycles. The van der Waals surface area contributed by atoms with Gasteiger partial charge in [0.1, 0.15) is 0 Å². The van der Waals surface area contributed by atoms with Gasteiger partial charge in [0.25, 0.3) is 5.91 Å². The lowest BCUT2D eigenvalue weighted by Crippen LogP contribution is -2.45. The number of benzene rings is 2. The molecule has 0 aliphatic rings. The third-order valence-electron chi connectivity index (χ3n) is 4.83. The van der Waals surface area contributed by atoms with Crippen molar-refractivity contribution in [1.82, 2.24) is 19.9 Å². The maximum absolute atomic E-state index is 12.3. The van der Waals surface area contributed by atoms with E-state index in [1.807, 2.05) is 54.8 Å².